The molecule has 0 aromatic carbocycles. The van der Waals surface area contributed by atoms with Gasteiger partial charge < -0.3 is 20.5 Å². The van der Waals surface area contributed by atoms with Crippen molar-refractivity contribution >= 4 is 12.0 Å². The molecule has 0 atom stereocenters. The Morgan fingerprint density at radius 2 is 1.96 bits per heavy atom. The summed E-state index contributed by atoms with van der Waals surface area (Å²) in [7, 11) is 0. The second-order valence-electron chi connectivity index (χ2n) is 4.38. The maximum Gasteiger partial charge on any atom is 0.421 e. The van der Waals surface area contributed by atoms with Crippen molar-refractivity contribution in [2.45, 2.75) is 19.0 Å². The number of pyridine rings is 1. The van der Waals surface area contributed by atoms with Crippen molar-refractivity contribution < 1.29 is 32.6 Å². The molecule has 0 unspecified atom stereocenters. The van der Waals surface area contributed by atoms with E-state index in [0.29, 0.717) is 0 Å². The van der Waals surface area contributed by atoms with Gasteiger partial charge in [-0.25, -0.2) is 9.78 Å². The number of hydrogen-bond acceptors (Lipinski definition) is 4. The number of halogens is 3. The molecular weight excluding hydrogens is 319 g/mol. The number of nitrogens with zero attached hydrogens (tertiary/aromatic N) is 1. The van der Waals surface area contributed by atoms with Gasteiger partial charge in [0.2, 0.25) is 5.88 Å². The zero-order valence-electron chi connectivity index (χ0n) is 12.0. The van der Waals surface area contributed by atoms with E-state index in [1.807, 2.05) is 0 Å². The second-order valence-corrected chi connectivity index (χ2v) is 4.38. The largest absolute Gasteiger partial charge is 0.481 e. The molecule has 2 amide bonds. The van der Waals surface area contributed by atoms with Gasteiger partial charge in [-0.1, -0.05) is 0 Å². The number of aliphatic carboxylic acids is 1. The van der Waals surface area contributed by atoms with Crippen LogP contribution in [0.1, 0.15) is 18.4 Å². The van der Waals surface area contributed by atoms with Crippen LogP contribution in [0, 0.1) is 0 Å². The van der Waals surface area contributed by atoms with Crippen LogP contribution in [0.5, 0.6) is 5.88 Å². The third-order valence-corrected chi connectivity index (χ3v) is 2.56. The van der Waals surface area contributed by atoms with E-state index in [4.69, 9.17) is 9.84 Å². The van der Waals surface area contributed by atoms with Gasteiger partial charge >= 0.3 is 18.2 Å². The Morgan fingerprint density at radius 1 is 1.26 bits per heavy atom. The fourth-order valence-electron chi connectivity index (χ4n) is 1.54. The SMILES string of the molecule is O=C(O)CCCNC(=O)NCCOc1ncccc1C(F)(F)F. The highest BCUT2D eigenvalue weighted by Crippen LogP contribution is 2.34. The monoisotopic (exact) mass is 335 g/mol. The number of nitrogens with one attached hydrogen (secondary N) is 2. The molecule has 0 saturated heterocycles. The zero-order valence-corrected chi connectivity index (χ0v) is 12.0. The van der Waals surface area contributed by atoms with Crippen molar-refractivity contribution in [3.63, 3.8) is 0 Å². The average molecular weight is 335 g/mol. The Labute approximate surface area is 129 Å². The molecule has 0 bridgehead atoms. The fourth-order valence-corrected chi connectivity index (χ4v) is 1.54. The molecule has 1 heterocycles. The predicted octanol–water partition coefficient (Wildman–Crippen LogP) is 1.64. The van der Waals surface area contributed by atoms with Crippen LogP contribution in [-0.4, -0.2) is 41.8 Å². The van der Waals surface area contributed by atoms with E-state index in [1.54, 1.807) is 0 Å². The molecular formula is C13H16F3N3O4. The average Bonchev–Trinajstić information content (AvgIpc) is 2.47. The predicted molar refractivity (Wildman–Crippen MR) is 73.0 cm³/mol. The maximum atomic E-state index is 12.7. The molecule has 1 rings (SSSR count). The van der Waals surface area contributed by atoms with E-state index in [9.17, 15) is 22.8 Å². The first-order valence-electron chi connectivity index (χ1n) is 6.69. The van der Waals surface area contributed by atoms with Crippen LogP contribution in [0.4, 0.5) is 18.0 Å². The molecule has 128 valence electrons. The van der Waals surface area contributed by atoms with Gasteiger partial charge in [-0.15, -0.1) is 0 Å². The lowest BCUT2D eigenvalue weighted by molar-refractivity contribution is -0.139. The lowest BCUT2D eigenvalue weighted by atomic mass is 10.2. The third-order valence-electron chi connectivity index (χ3n) is 2.56. The molecule has 0 aliphatic heterocycles. The van der Waals surface area contributed by atoms with Crippen LogP contribution in [0.3, 0.4) is 0 Å². The fraction of sp³-hybridized carbons (Fsp3) is 0.462. The van der Waals surface area contributed by atoms with Gasteiger partial charge in [0.25, 0.3) is 0 Å². The van der Waals surface area contributed by atoms with Crippen LogP contribution < -0.4 is 15.4 Å². The van der Waals surface area contributed by atoms with Crippen molar-refractivity contribution in [3.8, 4) is 5.88 Å². The van der Waals surface area contributed by atoms with Crippen molar-refractivity contribution in [2.24, 2.45) is 0 Å². The van der Waals surface area contributed by atoms with Gasteiger partial charge in [-0.05, 0) is 18.6 Å². The molecule has 0 radical (unpaired) electrons. The molecule has 1 aromatic rings. The van der Waals surface area contributed by atoms with E-state index < -0.39 is 29.6 Å². The maximum absolute atomic E-state index is 12.7. The smallest absolute Gasteiger partial charge is 0.421 e. The van der Waals surface area contributed by atoms with E-state index in [0.717, 1.165) is 12.1 Å². The molecule has 1 aromatic heterocycles. The summed E-state index contributed by atoms with van der Waals surface area (Å²) >= 11 is 0. The number of urea groups is 1. The Hall–Kier alpha value is -2.52. The number of carboxylic acids is 1. The summed E-state index contributed by atoms with van der Waals surface area (Å²) in [6, 6.07) is 1.44. The Morgan fingerprint density at radius 3 is 2.61 bits per heavy atom. The molecule has 0 fully saturated rings. The van der Waals surface area contributed by atoms with Crippen LogP contribution in [0.25, 0.3) is 0 Å². The number of carbonyl (C=O) groups is 2. The summed E-state index contributed by atoms with van der Waals surface area (Å²) in [4.78, 5) is 25.1. The number of amides is 2. The normalized spacial score (nSPS) is 10.9. The molecule has 0 saturated carbocycles. The summed E-state index contributed by atoms with van der Waals surface area (Å²) in [5, 5.41) is 13.2. The second kappa shape index (κ2) is 8.81. The quantitative estimate of drug-likeness (QED) is 0.627. The van der Waals surface area contributed by atoms with Gasteiger partial charge in [0.1, 0.15) is 12.2 Å². The van der Waals surface area contributed by atoms with E-state index >= 15 is 0 Å². The minimum Gasteiger partial charge on any atom is -0.481 e. The standard InChI is InChI=1S/C13H16F3N3O4/c14-13(15,16)9-3-1-5-17-11(9)23-8-7-19-12(22)18-6-2-4-10(20)21/h1,3,5H,2,4,6-8H2,(H,20,21)(H2,18,19,22). The first kappa shape index (κ1) is 18.5. The minimum absolute atomic E-state index is 0.0291. The van der Waals surface area contributed by atoms with Gasteiger partial charge in [-0.2, -0.15) is 13.2 Å². The molecule has 3 N–H and O–H groups in total. The highest BCUT2D eigenvalue weighted by Gasteiger charge is 2.34. The number of rotatable bonds is 8. The van der Waals surface area contributed by atoms with E-state index in [2.05, 4.69) is 15.6 Å². The molecule has 7 nitrogen and oxygen atoms in total. The summed E-state index contributed by atoms with van der Waals surface area (Å²) in [5.41, 5.74) is -0.988. The molecule has 23 heavy (non-hydrogen) atoms. The molecule has 0 aliphatic rings. The van der Waals surface area contributed by atoms with Gasteiger partial charge in [-0.3, -0.25) is 4.79 Å². The summed E-state index contributed by atoms with van der Waals surface area (Å²) in [5.74, 6) is -1.51. The number of alkyl halides is 3. The number of hydrogen-bond donors (Lipinski definition) is 3. The highest BCUT2D eigenvalue weighted by molar-refractivity contribution is 5.73. The lowest BCUT2D eigenvalue weighted by Crippen LogP contribution is -2.38. The summed E-state index contributed by atoms with van der Waals surface area (Å²) in [6.07, 6.45) is -3.18. The van der Waals surface area contributed by atoms with Crippen molar-refractivity contribution in [2.75, 3.05) is 19.7 Å². The van der Waals surface area contributed by atoms with Crippen LogP contribution >= 0.6 is 0 Å². The first-order chi connectivity index (χ1) is 10.8. The van der Waals surface area contributed by atoms with Crippen LogP contribution in [0.15, 0.2) is 18.3 Å². The lowest BCUT2D eigenvalue weighted by Gasteiger charge is -2.12. The van der Waals surface area contributed by atoms with E-state index in [-0.39, 0.29) is 32.5 Å². The van der Waals surface area contributed by atoms with Crippen LogP contribution in [0.2, 0.25) is 0 Å². The van der Waals surface area contributed by atoms with Crippen LogP contribution in [-0.2, 0) is 11.0 Å². The van der Waals surface area contributed by atoms with Crippen molar-refractivity contribution in [1.82, 2.24) is 15.6 Å². The number of carboxylic acid groups (broad SMARTS) is 1. The molecule has 0 spiro atoms. The number of aromatic nitrogens is 1. The Kier molecular flexibility index (Phi) is 7.10. The Balaban J connectivity index is 2.28. The minimum atomic E-state index is -4.57. The van der Waals surface area contributed by atoms with E-state index in [1.165, 1.54) is 6.20 Å². The Bertz CT molecular complexity index is 537. The first-order valence-corrected chi connectivity index (χ1v) is 6.69. The number of ether oxygens (including phenoxy) is 1. The van der Waals surface area contributed by atoms with Gasteiger partial charge in [0.15, 0.2) is 0 Å². The summed E-state index contributed by atoms with van der Waals surface area (Å²) < 4.78 is 42.9. The zero-order chi connectivity index (χ0) is 17.3. The molecule has 0 aliphatic carbocycles. The van der Waals surface area contributed by atoms with Crippen molar-refractivity contribution in [1.29, 1.82) is 0 Å². The van der Waals surface area contributed by atoms with Gasteiger partial charge in [0, 0.05) is 19.2 Å². The summed E-state index contributed by atoms with van der Waals surface area (Å²) in [6.45, 7) is -0.0429. The third kappa shape index (κ3) is 7.34. The number of carbonyl (C=O) groups excluding carboxylic acids is 1. The van der Waals surface area contributed by atoms with Gasteiger partial charge in [0.05, 0.1) is 6.54 Å². The van der Waals surface area contributed by atoms with Crippen molar-refractivity contribution in [3.05, 3.63) is 23.9 Å². The molecule has 10 heteroatoms. The highest BCUT2D eigenvalue weighted by atomic mass is 19.4. The topological polar surface area (TPSA) is 101 Å².